The van der Waals surface area contributed by atoms with Crippen molar-refractivity contribution in [3.8, 4) is 0 Å². The fraction of sp³-hybridized carbons (Fsp3) is 1.00. The van der Waals surface area contributed by atoms with Crippen LogP contribution >= 0.6 is 0 Å². The van der Waals surface area contributed by atoms with Gasteiger partial charge in [-0.2, -0.15) is 0 Å². The largest absolute Gasteiger partial charge is 0.0649 e. The van der Waals surface area contributed by atoms with Crippen molar-refractivity contribution in [1.29, 1.82) is 0 Å². The summed E-state index contributed by atoms with van der Waals surface area (Å²) in [5, 5.41) is 0. The van der Waals surface area contributed by atoms with Gasteiger partial charge in [0.05, 0.1) is 0 Å². The Morgan fingerprint density at radius 3 is 0.939 bits per heavy atom. The van der Waals surface area contributed by atoms with Crippen molar-refractivity contribution >= 4 is 0 Å². The second-order valence-corrected chi connectivity index (χ2v) is 38.4. The van der Waals surface area contributed by atoms with E-state index in [-0.39, 0.29) is 5.89 Å². The van der Waals surface area contributed by atoms with Crippen molar-refractivity contribution in [1.82, 2.24) is 0 Å². The molecule has 16 aliphatic carbocycles. The summed E-state index contributed by atoms with van der Waals surface area (Å²) in [5.41, 5.74) is 5.27. The Morgan fingerprint density at radius 1 is 0.354 bits per heavy atom. The van der Waals surface area contributed by atoms with Crippen molar-refractivity contribution in [2.45, 2.75) is 406 Å². The van der Waals surface area contributed by atoms with Crippen molar-refractivity contribution in [3.05, 3.63) is 0 Å². The lowest BCUT2D eigenvalue weighted by Crippen LogP contribution is -2.45. The highest BCUT2D eigenvalue weighted by Gasteiger charge is 2.50. The van der Waals surface area contributed by atoms with Crippen molar-refractivity contribution in [2.24, 2.45) is 115 Å². The first-order chi connectivity index (χ1) is 39.0. The van der Waals surface area contributed by atoms with Gasteiger partial charge < -0.3 is 0 Å². The van der Waals surface area contributed by atoms with Crippen LogP contribution in [-0.2, 0) is 0 Å². The van der Waals surface area contributed by atoms with E-state index in [9.17, 15) is 0 Å². The molecule has 0 aromatic heterocycles. The Hall–Kier alpha value is 0. The van der Waals surface area contributed by atoms with Crippen LogP contribution in [0.5, 0.6) is 0 Å². The average Bonchev–Trinajstić information content (AvgIpc) is 3.50. The lowest BCUT2D eigenvalue weighted by atomic mass is 9.49. The van der Waals surface area contributed by atoms with Crippen LogP contribution in [0.3, 0.4) is 0 Å². The van der Waals surface area contributed by atoms with Gasteiger partial charge in [0.2, 0.25) is 0 Å². The summed E-state index contributed by atoms with van der Waals surface area (Å²) in [6.45, 7) is 33.9. The van der Waals surface area contributed by atoms with Crippen LogP contribution in [0.15, 0.2) is 0 Å². The summed E-state index contributed by atoms with van der Waals surface area (Å²) in [7, 11) is 0. The second kappa shape index (κ2) is 31.6. The Bertz CT molecular complexity index is 1650. The van der Waals surface area contributed by atoms with E-state index in [4.69, 9.17) is 1.37 Å². The van der Waals surface area contributed by atoms with Crippen molar-refractivity contribution in [3.63, 3.8) is 0 Å². The van der Waals surface area contributed by atoms with Gasteiger partial charge in [0, 0.05) is 1.37 Å². The molecule has 16 saturated carbocycles. The maximum atomic E-state index is 6.94. The van der Waals surface area contributed by atoms with Gasteiger partial charge in [-0.15, -0.1) is 0 Å². The summed E-state index contributed by atoms with van der Waals surface area (Å²) in [6.07, 6.45) is 72.4. The molecule has 0 N–H and O–H groups in total. The summed E-state index contributed by atoms with van der Waals surface area (Å²) in [5.74, 6) is 13.0. The lowest BCUT2D eigenvalue weighted by Gasteiger charge is -2.56. The minimum Gasteiger partial charge on any atom is -0.0649 e. The highest BCUT2D eigenvalue weighted by Crippen LogP contribution is 2.62. The van der Waals surface area contributed by atoms with Crippen LogP contribution in [0, 0.1) is 115 Å². The van der Waals surface area contributed by atoms with Gasteiger partial charge in [0.15, 0.2) is 0 Å². The maximum Gasteiger partial charge on any atom is 0.0294 e. The Labute approximate surface area is 519 Å². The molecule has 0 heteroatoms. The molecule has 82 heavy (non-hydrogen) atoms. The summed E-state index contributed by atoms with van der Waals surface area (Å²) in [4.78, 5) is 0. The summed E-state index contributed by atoms with van der Waals surface area (Å²) >= 11 is 0. The Balaban J connectivity index is 0.000000139. The normalized spacial score (nSPS) is 37.9. The maximum absolute atomic E-state index is 6.94. The first kappa shape index (κ1) is 67.9. The zero-order chi connectivity index (χ0) is 60.2. The van der Waals surface area contributed by atoms with E-state index in [1.165, 1.54) is 148 Å². The number of hydrogen-bond donors (Lipinski definition) is 0. The smallest absolute Gasteiger partial charge is 0.0294 e. The minimum atomic E-state index is -0.250. The van der Waals surface area contributed by atoms with E-state index in [1.807, 2.05) is 20.8 Å². The van der Waals surface area contributed by atoms with Crippen LogP contribution in [0.2, 0.25) is 0 Å². The topological polar surface area (TPSA) is 0 Å². The SMILES string of the molecule is CC(C)(C)C.CC12CC3CC(CC(C3)C1)C2.CC1CCC(C2CCCCC2)CC1.CC1CCC2(CC1)CCC(C)(C)CC2.CC1CCC2(CCCC2)CC1.CC1CCC2(CCCCC2)CC1.CCC12CC3CC(CC(C3)C1)C2.[2H]C(C)(C)C. The fourth-order valence-corrected chi connectivity index (χ4v) is 22.1. The van der Waals surface area contributed by atoms with Crippen LogP contribution < -0.4 is 0 Å². The van der Waals surface area contributed by atoms with Crippen LogP contribution in [0.25, 0.3) is 0 Å². The van der Waals surface area contributed by atoms with Gasteiger partial charge in [0.1, 0.15) is 0 Å². The molecule has 0 unspecified atom stereocenters. The molecule has 16 aliphatic rings. The monoisotopic (exact) mass is 1140 g/mol. The molecule has 16 rings (SSSR count). The zero-order valence-electron chi connectivity index (χ0n) is 60.2. The molecule has 0 heterocycles. The molecule has 3 spiro atoms. The lowest BCUT2D eigenvalue weighted by molar-refractivity contribution is -0.0545. The third-order valence-electron chi connectivity index (χ3n) is 26.9. The molecule has 8 bridgehead atoms. The number of hydrogen-bond acceptors (Lipinski definition) is 0. The fourth-order valence-electron chi connectivity index (χ4n) is 22.1. The molecule has 0 aliphatic heterocycles. The third-order valence-corrected chi connectivity index (χ3v) is 26.9. The quantitative estimate of drug-likeness (QED) is 0.259. The van der Waals surface area contributed by atoms with Crippen molar-refractivity contribution in [2.75, 3.05) is 0 Å². The minimum absolute atomic E-state index is 0.250. The van der Waals surface area contributed by atoms with E-state index < -0.39 is 0 Å². The predicted molar refractivity (Wildman–Crippen MR) is 365 cm³/mol. The van der Waals surface area contributed by atoms with E-state index in [1.54, 1.807) is 154 Å². The van der Waals surface area contributed by atoms with Crippen LogP contribution in [0.4, 0.5) is 0 Å². The van der Waals surface area contributed by atoms with Crippen molar-refractivity contribution < 1.29 is 1.37 Å². The molecule has 0 nitrogen and oxygen atoms in total. The number of rotatable bonds is 2. The Morgan fingerprint density at radius 2 is 0.622 bits per heavy atom. The van der Waals surface area contributed by atoms with Crippen LogP contribution in [0.1, 0.15) is 407 Å². The summed E-state index contributed by atoms with van der Waals surface area (Å²) in [6, 6.07) is 0. The first-order valence-corrected chi connectivity index (χ1v) is 38.5. The molecular weight excluding hydrogens is 985 g/mol. The van der Waals surface area contributed by atoms with E-state index >= 15 is 0 Å². The molecule has 0 amide bonds. The van der Waals surface area contributed by atoms with E-state index in [2.05, 4.69) is 83.1 Å². The van der Waals surface area contributed by atoms with Gasteiger partial charge in [-0.1, -0.05) is 226 Å². The highest BCUT2D eigenvalue weighted by molar-refractivity contribution is 5.02. The predicted octanol–water partition coefficient (Wildman–Crippen LogP) is 27.6. The van der Waals surface area contributed by atoms with Gasteiger partial charge in [0.25, 0.3) is 0 Å². The summed E-state index contributed by atoms with van der Waals surface area (Å²) < 4.78 is 6.94. The first-order valence-electron chi connectivity index (χ1n) is 39.0. The van der Waals surface area contributed by atoms with Gasteiger partial charge >= 0.3 is 0 Å². The standard InChI is InChI=1S/C14H26.C13H24.C12H20.C12H22.C11H18.C11H20.C5H12.C4H10/c1-12-4-6-14(7-5-12)10-8-13(2,3)9-11-14;1-11-7-9-13(10-8-11)12-5-3-2-4-6-12;1-2-12-6-9-3-10(7-12)5-11(4-9)8-12;1-11-5-9-12(10-6-11)7-3-2-4-8-12;1-11-5-8-2-9(6-11)4-10(3-8)7-11;1-10-4-8-11(9-5-10)6-2-3-7-11;1-5(2,3)4;1-4(2)3/h12H,4-11H2,1-3H3;11-13H,2-10H2,1H3;9-11H,2-8H2,1H3;11H,2-10H2,1H3;8-10H,2-7H2,1H3;10H,2-9H2,1H3;1-4H3;4H,1-3H3/i;;;;;;;4D. The van der Waals surface area contributed by atoms with Gasteiger partial charge in [-0.3, -0.25) is 0 Å². The van der Waals surface area contributed by atoms with E-state index in [0.29, 0.717) is 10.8 Å². The van der Waals surface area contributed by atoms with E-state index in [0.717, 1.165) is 98.1 Å². The molecule has 0 aromatic rings. The Kier molecular flexibility index (Phi) is 26.2. The zero-order valence-corrected chi connectivity index (χ0v) is 59.2. The molecule has 0 radical (unpaired) electrons. The third kappa shape index (κ3) is 22.8. The second-order valence-electron chi connectivity index (χ2n) is 38.4. The van der Waals surface area contributed by atoms with Gasteiger partial charge in [-0.25, -0.2) is 0 Å². The average molecular weight is 1140 g/mol. The van der Waals surface area contributed by atoms with Crippen LogP contribution in [-0.4, -0.2) is 0 Å². The molecule has 0 aromatic carbocycles. The molecule has 480 valence electrons. The van der Waals surface area contributed by atoms with Gasteiger partial charge in [-0.05, 0) is 295 Å². The molecule has 16 fully saturated rings. The molecule has 0 atom stereocenters. The molecular formula is C82H152. The molecule has 0 saturated heterocycles. The highest BCUT2D eigenvalue weighted by atomic mass is 14.6.